The largest absolute Gasteiger partial charge is 0.496 e. The maximum atomic E-state index is 13.4. The first-order valence-electron chi connectivity index (χ1n) is 9.82. The predicted octanol–water partition coefficient (Wildman–Crippen LogP) is 5.15. The Morgan fingerprint density at radius 2 is 2.00 bits per heavy atom. The smallest absolute Gasteiger partial charge is 0.272 e. The summed E-state index contributed by atoms with van der Waals surface area (Å²) in [5.41, 5.74) is 4.27. The highest BCUT2D eigenvalue weighted by atomic mass is 79.9. The third-order valence-electron chi connectivity index (χ3n) is 5.72. The fourth-order valence-electron chi connectivity index (χ4n) is 4.09. The lowest BCUT2D eigenvalue weighted by Gasteiger charge is -2.33. The Morgan fingerprint density at radius 3 is 2.70 bits per heavy atom. The van der Waals surface area contributed by atoms with Crippen LogP contribution in [0.5, 0.6) is 5.75 Å². The molecule has 0 saturated heterocycles. The van der Waals surface area contributed by atoms with Crippen molar-refractivity contribution in [3.63, 3.8) is 0 Å². The molecule has 0 fully saturated rings. The number of hydrogen-bond acceptors (Lipinski definition) is 3. The van der Waals surface area contributed by atoms with Gasteiger partial charge in [-0.1, -0.05) is 0 Å². The second-order valence-electron chi connectivity index (χ2n) is 7.55. The zero-order chi connectivity index (χ0) is 21.4. The van der Waals surface area contributed by atoms with Crippen LogP contribution in [0.15, 0.2) is 46.9 Å². The van der Waals surface area contributed by atoms with Crippen molar-refractivity contribution in [1.29, 1.82) is 0 Å². The number of hydrogen-bond donors (Lipinski definition) is 0. The minimum absolute atomic E-state index is 0.0207. The average Bonchev–Trinajstić information content (AvgIpc) is 3.13. The fraction of sp³-hybridized carbons (Fsp3) is 0.304. The average molecular weight is 472 g/mol. The van der Waals surface area contributed by atoms with Crippen molar-refractivity contribution in [1.82, 2.24) is 14.7 Å². The summed E-state index contributed by atoms with van der Waals surface area (Å²) in [6.07, 6.45) is 2.88. The number of carbonyl (C=O) groups is 1. The van der Waals surface area contributed by atoms with E-state index in [1.165, 1.54) is 17.7 Å². The predicted molar refractivity (Wildman–Crippen MR) is 117 cm³/mol. The van der Waals surface area contributed by atoms with Gasteiger partial charge in [-0.2, -0.15) is 5.10 Å². The van der Waals surface area contributed by atoms with Crippen LogP contribution in [0.25, 0.3) is 11.3 Å². The Bertz CT molecular complexity index is 1090. The van der Waals surface area contributed by atoms with Gasteiger partial charge in [0.15, 0.2) is 0 Å². The van der Waals surface area contributed by atoms with E-state index in [2.05, 4.69) is 33.2 Å². The van der Waals surface area contributed by atoms with Gasteiger partial charge in [-0.3, -0.25) is 9.48 Å². The highest BCUT2D eigenvalue weighted by Gasteiger charge is 2.30. The Hall–Kier alpha value is -2.67. The highest BCUT2D eigenvalue weighted by molar-refractivity contribution is 9.10. The number of nitrogens with zero attached hydrogens (tertiary/aromatic N) is 3. The zero-order valence-electron chi connectivity index (χ0n) is 17.2. The zero-order valence-corrected chi connectivity index (χ0v) is 18.7. The van der Waals surface area contributed by atoms with E-state index in [0.29, 0.717) is 11.4 Å². The van der Waals surface area contributed by atoms with Gasteiger partial charge in [0.2, 0.25) is 0 Å². The van der Waals surface area contributed by atoms with Gasteiger partial charge in [0, 0.05) is 19.7 Å². The maximum absolute atomic E-state index is 13.4. The van der Waals surface area contributed by atoms with Crippen molar-refractivity contribution in [3.8, 4) is 17.0 Å². The van der Waals surface area contributed by atoms with Crippen LogP contribution in [0.4, 0.5) is 4.39 Å². The molecule has 1 aromatic heterocycles. The monoisotopic (exact) mass is 471 g/mol. The lowest BCUT2D eigenvalue weighted by molar-refractivity contribution is 0.0704. The lowest BCUT2D eigenvalue weighted by atomic mass is 9.86. The summed E-state index contributed by atoms with van der Waals surface area (Å²) in [4.78, 5) is 15.1. The van der Waals surface area contributed by atoms with Crippen LogP contribution in [-0.2, 0) is 13.5 Å². The van der Waals surface area contributed by atoms with Crippen LogP contribution in [-0.4, -0.2) is 34.7 Å². The lowest BCUT2D eigenvalue weighted by Crippen LogP contribution is -2.34. The van der Waals surface area contributed by atoms with E-state index < -0.39 is 0 Å². The second kappa shape index (κ2) is 8.22. The van der Waals surface area contributed by atoms with Gasteiger partial charge in [0.1, 0.15) is 17.3 Å². The van der Waals surface area contributed by atoms with E-state index in [9.17, 15) is 9.18 Å². The summed E-state index contributed by atoms with van der Waals surface area (Å²) in [5, 5.41) is 4.46. The minimum atomic E-state index is -0.301. The van der Waals surface area contributed by atoms with Crippen molar-refractivity contribution in [2.24, 2.45) is 7.05 Å². The van der Waals surface area contributed by atoms with Gasteiger partial charge < -0.3 is 9.64 Å². The number of aromatic nitrogens is 2. The molecule has 1 amide bonds. The van der Waals surface area contributed by atoms with E-state index >= 15 is 0 Å². The summed E-state index contributed by atoms with van der Waals surface area (Å²) >= 11 is 3.57. The number of benzene rings is 2. The first kappa shape index (κ1) is 20.6. The standard InChI is InChI=1S/C23H23BrFN3O2/c1-27(20-6-4-5-15-11-22(30-3)18(24)12-17(15)20)23(29)21-13-19(26-28(21)2)14-7-9-16(25)10-8-14/h7-13,20H,4-6H2,1-3H3. The van der Waals surface area contributed by atoms with E-state index in [0.717, 1.165) is 40.6 Å². The molecule has 1 atom stereocenters. The molecule has 5 nitrogen and oxygen atoms in total. The molecule has 1 heterocycles. The van der Waals surface area contributed by atoms with Gasteiger partial charge in [-0.15, -0.1) is 0 Å². The van der Waals surface area contributed by atoms with Crippen LogP contribution in [0.2, 0.25) is 0 Å². The Kier molecular flexibility index (Phi) is 5.64. The van der Waals surface area contributed by atoms with E-state index in [-0.39, 0.29) is 17.8 Å². The SMILES string of the molecule is COc1cc2c(cc1Br)C(N(C)C(=O)c1cc(-c3ccc(F)cc3)nn1C)CCC2. The molecule has 1 unspecified atom stereocenters. The summed E-state index contributed by atoms with van der Waals surface area (Å²) in [6, 6.07) is 12.0. The fourth-order valence-corrected chi connectivity index (χ4v) is 4.61. The Balaban J connectivity index is 1.64. The molecule has 3 aromatic rings. The topological polar surface area (TPSA) is 47.4 Å². The highest BCUT2D eigenvalue weighted by Crippen LogP contribution is 2.39. The molecule has 4 rings (SSSR count). The van der Waals surface area contributed by atoms with Crippen LogP contribution in [0, 0.1) is 5.82 Å². The molecule has 0 bridgehead atoms. The van der Waals surface area contributed by atoms with Crippen molar-refractivity contribution in [2.45, 2.75) is 25.3 Å². The van der Waals surface area contributed by atoms with Gasteiger partial charge in [-0.05, 0) is 88.8 Å². The van der Waals surface area contributed by atoms with E-state index in [1.54, 1.807) is 41.9 Å². The maximum Gasteiger partial charge on any atom is 0.272 e. The molecular weight excluding hydrogens is 449 g/mol. The molecule has 0 saturated carbocycles. The molecule has 0 N–H and O–H groups in total. The summed E-state index contributed by atoms with van der Waals surface area (Å²) in [5.74, 6) is 0.409. The van der Waals surface area contributed by atoms with Crippen LogP contribution >= 0.6 is 15.9 Å². The molecule has 1 aliphatic carbocycles. The van der Waals surface area contributed by atoms with Gasteiger partial charge >= 0.3 is 0 Å². The molecule has 0 aliphatic heterocycles. The van der Waals surface area contributed by atoms with Gasteiger partial charge in [0.25, 0.3) is 5.91 Å². The minimum Gasteiger partial charge on any atom is -0.496 e. The van der Waals surface area contributed by atoms with Crippen molar-refractivity contribution < 1.29 is 13.9 Å². The summed E-state index contributed by atoms with van der Waals surface area (Å²) in [7, 11) is 5.25. The van der Waals surface area contributed by atoms with Crippen molar-refractivity contribution >= 4 is 21.8 Å². The molecule has 30 heavy (non-hydrogen) atoms. The number of amides is 1. The molecule has 0 spiro atoms. The molecule has 2 aromatic carbocycles. The van der Waals surface area contributed by atoms with Gasteiger partial charge in [-0.25, -0.2) is 4.39 Å². The first-order chi connectivity index (χ1) is 14.4. The third kappa shape index (κ3) is 3.74. The van der Waals surface area contributed by atoms with E-state index in [1.807, 2.05) is 7.05 Å². The molecular formula is C23H23BrFN3O2. The van der Waals surface area contributed by atoms with Crippen LogP contribution < -0.4 is 4.74 Å². The number of fused-ring (bicyclic) bond motifs is 1. The number of halogens is 2. The molecule has 1 aliphatic rings. The number of aryl methyl sites for hydroxylation is 2. The molecule has 156 valence electrons. The normalized spacial score (nSPS) is 15.6. The van der Waals surface area contributed by atoms with Crippen LogP contribution in [0.1, 0.15) is 40.5 Å². The van der Waals surface area contributed by atoms with Crippen molar-refractivity contribution in [2.75, 3.05) is 14.2 Å². The van der Waals surface area contributed by atoms with Gasteiger partial charge in [0.05, 0.1) is 23.3 Å². The Labute approximate surface area is 183 Å². The van der Waals surface area contributed by atoms with Crippen LogP contribution in [0.3, 0.4) is 0 Å². The summed E-state index contributed by atoms with van der Waals surface area (Å²) in [6.45, 7) is 0. The number of rotatable bonds is 4. The number of methoxy groups -OCH3 is 1. The summed E-state index contributed by atoms with van der Waals surface area (Å²) < 4.78 is 21.1. The number of carbonyl (C=O) groups excluding carboxylic acids is 1. The molecule has 0 radical (unpaired) electrons. The molecule has 7 heteroatoms. The van der Waals surface area contributed by atoms with E-state index in [4.69, 9.17) is 4.74 Å². The van der Waals surface area contributed by atoms with Crippen molar-refractivity contribution in [3.05, 3.63) is 69.6 Å². The Morgan fingerprint density at radius 1 is 1.27 bits per heavy atom. The third-order valence-corrected chi connectivity index (χ3v) is 6.34. The quantitative estimate of drug-likeness (QED) is 0.528. The first-order valence-corrected chi connectivity index (χ1v) is 10.6. The number of ether oxygens (including phenoxy) is 1. The second-order valence-corrected chi connectivity index (χ2v) is 8.41.